The number of aromatic nitrogens is 1. The summed E-state index contributed by atoms with van der Waals surface area (Å²) in [6, 6.07) is 1.26. The first-order valence-corrected chi connectivity index (χ1v) is 6.21. The van der Waals surface area contributed by atoms with Crippen LogP contribution in [0.4, 0.5) is 11.4 Å². The first kappa shape index (κ1) is 13.6. The third kappa shape index (κ3) is 2.02. The highest BCUT2D eigenvalue weighted by molar-refractivity contribution is 9.11. The average Bonchev–Trinajstić information content (AvgIpc) is 2.27. The van der Waals surface area contributed by atoms with E-state index in [-0.39, 0.29) is 25.5 Å². The van der Waals surface area contributed by atoms with Gasteiger partial charge in [-0.1, -0.05) is 0 Å². The highest BCUT2D eigenvalue weighted by atomic mass is 79.9. The minimum Gasteiger partial charge on any atom is -0.505 e. The first-order chi connectivity index (χ1) is 8.88. The Balaban J connectivity index is 3.08. The van der Waals surface area contributed by atoms with Crippen LogP contribution in [-0.2, 0) is 0 Å². The molecule has 1 heterocycles. The molecule has 0 aliphatic rings. The summed E-state index contributed by atoms with van der Waals surface area (Å²) in [7, 11) is 0. The van der Waals surface area contributed by atoms with Crippen molar-refractivity contribution in [1.82, 2.24) is 4.98 Å². The van der Waals surface area contributed by atoms with Crippen LogP contribution in [0.25, 0.3) is 10.9 Å². The second-order valence-electron chi connectivity index (χ2n) is 3.44. The first-order valence-electron chi connectivity index (χ1n) is 4.63. The number of H-pyrrole nitrogens is 1. The van der Waals surface area contributed by atoms with E-state index in [4.69, 9.17) is 0 Å². The number of nitrogens with zero attached hydrogens (tertiary/aromatic N) is 2. The number of nitroso groups, excluding NO2 is 1. The molecule has 2 aromatic rings. The number of aromatic hydroxyl groups is 1. The van der Waals surface area contributed by atoms with E-state index in [1.54, 1.807) is 0 Å². The van der Waals surface area contributed by atoms with Gasteiger partial charge in [0, 0.05) is 0 Å². The standard InChI is InChI=1S/C9H3Br2N3O5/c10-2-1-3-4(5(11)7(2)14(18)19)8(15)6(13-17)9(16)12-3/h1H,(H2,12,15,16). The number of nitro benzene ring substituents is 1. The van der Waals surface area contributed by atoms with Gasteiger partial charge in [-0.3, -0.25) is 14.9 Å². The second kappa shape index (κ2) is 4.70. The van der Waals surface area contributed by atoms with E-state index in [0.717, 1.165) is 0 Å². The van der Waals surface area contributed by atoms with E-state index in [1.165, 1.54) is 6.07 Å². The summed E-state index contributed by atoms with van der Waals surface area (Å²) in [5.41, 5.74) is -1.83. The molecule has 0 radical (unpaired) electrons. The molecule has 1 aromatic heterocycles. The van der Waals surface area contributed by atoms with Crippen molar-refractivity contribution in [3.63, 3.8) is 0 Å². The van der Waals surface area contributed by atoms with Crippen molar-refractivity contribution in [1.29, 1.82) is 0 Å². The monoisotopic (exact) mass is 391 g/mol. The molecule has 0 unspecified atom stereocenters. The molecule has 0 atom stereocenters. The number of rotatable bonds is 2. The molecule has 98 valence electrons. The summed E-state index contributed by atoms with van der Waals surface area (Å²) < 4.78 is 0.0410. The second-order valence-corrected chi connectivity index (χ2v) is 5.09. The van der Waals surface area contributed by atoms with Crippen molar-refractivity contribution in [3.8, 4) is 5.75 Å². The van der Waals surface area contributed by atoms with Gasteiger partial charge < -0.3 is 10.1 Å². The lowest BCUT2D eigenvalue weighted by Gasteiger charge is -2.06. The van der Waals surface area contributed by atoms with Crippen LogP contribution >= 0.6 is 31.9 Å². The molecule has 2 rings (SSSR count). The Morgan fingerprint density at radius 3 is 2.58 bits per heavy atom. The third-order valence-electron chi connectivity index (χ3n) is 2.39. The lowest BCUT2D eigenvalue weighted by atomic mass is 10.1. The highest BCUT2D eigenvalue weighted by Gasteiger charge is 2.24. The normalized spacial score (nSPS) is 10.6. The number of nitro groups is 1. The molecule has 0 aliphatic heterocycles. The lowest BCUT2D eigenvalue weighted by molar-refractivity contribution is -0.386. The number of halogens is 2. The zero-order valence-corrected chi connectivity index (χ0v) is 12.0. The number of benzene rings is 1. The molecule has 2 N–H and O–H groups in total. The Hall–Kier alpha value is -1.81. The van der Waals surface area contributed by atoms with E-state index >= 15 is 0 Å². The lowest BCUT2D eigenvalue weighted by Crippen LogP contribution is -2.06. The summed E-state index contributed by atoms with van der Waals surface area (Å²) in [6.07, 6.45) is 0. The SMILES string of the molecule is O=Nc1c(O)c2c(Br)c([N+](=O)[O-])c(Br)cc2[nH]c1=O. The van der Waals surface area contributed by atoms with Crippen LogP contribution in [-0.4, -0.2) is 15.0 Å². The van der Waals surface area contributed by atoms with Crippen molar-refractivity contribution in [2.24, 2.45) is 5.18 Å². The summed E-state index contributed by atoms with van der Waals surface area (Å²) >= 11 is 5.97. The molecule has 1 aromatic carbocycles. The van der Waals surface area contributed by atoms with Crippen molar-refractivity contribution in [2.45, 2.75) is 0 Å². The van der Waals surface area contributed by atoms with Gasteiger partial charge in [-0.05, 0) is 43.1 Å². The zero-order valence-electron chi connectivity index (χ0n) is 8.81. The number of pyridine rings is 1. The molecular weight excluding hydrogens is 390 g/mol. The predicted molar refractivity (Wildman–Crippen MR) is 73.7 cm³/mol. The van der Waals surface area contributed by atoms with Crippen LogP contribution < -0.4 is 5.56 Å². The number of aromatic amines is 1. The molecule has 0 fully saturated rings. The zero-order chi connectivity index (χ0) is 14.3. The Kier molecular flexibility index (Phi) is 3.37. The van der Waals surface area contributed by atoms with Gasteiger partial charge in [0.1, 0.15) is 4.47 Å². The molecule has 0 spiro atoms. The van der Waals surface area contributed by atoms with Gasteiger partial charge in [0.15, 0.2) is 5.75 Å². The van der Waals surface area contributed by atoms with E-state index in [9.17, 15) is 24.9 Å². The summed E-state index contributed by atoms with van der Waals surface area (Å²) in [5.74, 6) is -0.712. The van der Waals surface area contributed by atoms with Gasteiger partial charge in [-0.15, -0.1) is 4.91 Å². The minimum absolute atomic E-state index is 0.0656. The van der Waals surface area contributed by atoms with E-state index in [0.29, 0.717) is 0 Å². The largest absolute Gasteiger partial charge is 0.505 e. The molecule has 0 bridgehead atoms. The van der Waals surface area contributed by atoms with Gasteiger partial charge in [-0.25, -0.2) is 0 Å². The molecular formula is C9H3Br2N3O5. The quantitative estimate of drug-likeness (QED) is 0.461. The summed E-state index contributed by atoms with van der Waals surface area (Å²) in [5, 5.41) is 23.1. The average molecular weight is 393 g/mol. The van der Waals surface area contributed by atoms with Crippen molar-refractivity contribution in [3.05, 3.63) is 40.4 Å². The Morgan fingerprint density at radius 2 is 2.05 bits per heavy atom. The number of fused-ring (bicyclic) bond motifs is 1. The van der Waals surface area contributed by atoms with Crippen LogP contribution in [0.2, 0.25) is 0 Å². The minimum atomic E-state index is -0.882. The van der Waals surface area contributed by atoms with Crippen LogP contribution in [0.1, 0.15) is 0 Å². The predicted octanol–water partition coefficient (Wildman–Crippen LogP) is 3.06. The number of hydrogen-bond donors (Lipinski definition) is 2. The molecule has 10 heteroatoms. The van der Waals surface area contributed by atoms with Crippen LogP contribution in [0, 0.1) is 15.0 Å². The van der Waals surface area contributed by atoms with E-state index in [2.05, 4.69) is 42.0 Å². The maximum atomic E-state index is 11.5. The van der Waals surface area contributed by atoms with E-state index in [1.807, 2.05) is 0 Å². The topological polar surface area (TPSA) is 126 Å². The molecule has 0 saturated heterocycles. The van der Waals surface area contributed by atoms with Gasteiger partial charge in [0.25, 0.3) is 11.2 Å². The molecule has 8 nitrogen and oxygen atoms in total. The maximum absolute atomic E-state index is 11.5. The van der Waals surface area contributed by atoms with Gasteiger partial charge in [0.2, 0.25) is 5.69 Å². The summed E-state index contributed by atoms with van der Waals surface area (Å²) in [6.45, 7) is 0. The fourth-order valence-electron chi connectivity index (χ4n) is 1.60. The van der Waals surface area contributed by atoms with Crippen molar-refractivity contribution < 1.29 is 10.0 Å². The molecule has 0 aliphatic carbocycles. The Morgan fingerprint density at radius 1 is 1.42 bits per heavy atom. The van der Waals surface area contributed by atoms with Crippen molar-refractivity contribution >= 4 is 54.1 Å². The summed E-state index contributed by atoms with van der Waals surface area (Å²) in [4.78, 5) is 34.5. The highest BCUT2D eigenvalue weighted by Crippen LogP contribution is 2.43. The van der Waals surface area contributed by atoms with Gasteiger partial charge in [-0.2, -0.15) is 0 Å². The van der Waals surface area contributed by atoms with Crippen molar-refractivity contribution in [2.75, 3.05) is 0 Å². The number of nitrogens with one attached hydrogen (secondary N) is 1. The molecule has 19 heavy (non-hydrogen) atoms. The van der Waals surface area contributed by atoms with Gasteiger partial charge in [0.05, 0.1) is 20.3 Å². The maximum Gasteiger partial charge on any atom is 0.298 e. The fourth-order valence-corrected chi connectivity index (χ4v) is 3.20. The molecule has 0 saturated carbocycles. The number of hydrogen-bond acceptors (Lipinski definition) is 6. The third-order valence-corrected chi connectivity index (χ3v) is 3.77. The van der Waals surface area contributed by atoms with Crippen LogP contribution in [0.5, 0.6) is 5.75 Å². The fraction of sp³-hybridized carbons (Fsp3) is 0. The van der Waals surface area contributed by atoms with E-state index < -0.39 is 21.9 Å². The van der Waals surface area contributed by atoms with Crippen LogP contribution in [0.3, 0.4) is 0 Å². The Bertz CT molecular complexity index is 786. The van der Waals surface area contributed by atoms with Crippen LogP contribution in [0.15, 0.2) is 25.0 Å². The molecule has 0 amide bonds. The Labute approximate surface area is 120 Å². The van der Waals surface area contributed by atoms with Gasteiger partial charge >= 0.3 is 0 Å². The smallest absolute Gasteiger partial charge is 0.298 e.